The van der Waals surface area contributed by atoms with Crippen molar-refractivity contribution in [2.75, 3.05) is 0 Å². The van der Waals surface area contributed by atoms with Crippen LogP contribution in [0.5, 0.6) is 0 Å². The molecule has 0 bridgehead atoms. The van der Waals surface area contributed by atoms with E-state index >= 15 is 0 Å². The molecule has 28 heavy (non-hydrogen) atoms. The number of H-pyrrole nitrogens is 1. The number of amides is 1. The van der Waals surface area contributed by atoms with E-state index in [2.05, 4.69) is 43.4 Å². The Hall–Kier alpha value is -3.38. The maximum atomic E-state index is 12.9. The standard InChI is InChI=1S/C22H18N4OS/c27-22(23-13-21-24-16-8-4-5-9-17(16)25-21)19-12-20-18(10-11-28-20)26(19)14-15-6-2-1-3-7-15/h1-12H,13-14H2,(H,23,27)(H,24,25). The molecule has 2 N–H and O–H groups in total. The van der Waals surface area contributed by atoms with Crippen molar-refractivity contribution >= 4 is 38.5 Å². The van der Waals surface area contributed by atoms with Gasteiger partial charge in [0.1, 0.15) is 11.5 Å². The number of benzene rings is 2. The van der Waals surface area contributed by atoms with E-state index in [4.69, 9.17) is 0 Å². The summed E-state index contributed by atoms with van der Waals surface area (Å²) < 4.78 is 3.19. The zero-order valence-electron chi connectivity index (χ0n) is 15.1. The number of hydrogen-bond acceptors (Lipinski definition) is 3. The van der Waals surface area contributed by atoms with Crippen LogP contribution in [0.25, 0.3) is 21.3 Å². The fourth-order valence-electron chi connectivity index (χ4n) is 3.45. The first-order valence-corrected chi connectivity index (χ1v) is 9.98. The molecule has 6 heteroatoms. The number of hydrogen-bond donors (Lipinski definition) is 2. The van der Waals surface area contributed by atoms with Gasteiger partial charge in [-0.05, 0) is 35.2 Å². The number of imidazole rings is 1. The third kappa shape index (κ3) is 3.08. The van der Waals surface area contributed by atoms with E-state index in [0.29, 0.717) is 18.8 Å². The number of thiophene rings is 1. The molecule has 0 unspecified atom stereocenters. The van der Waals surface area contributed by atoms with E-state index in [1.165, 1.54) is 0 Å². The number of nitrogens with zero attached hydrogens (tertiary/aromatic N) is 2. The Kier molecular flexibility index (Phi) is 4.18. The Labute approximate surface area is 165 Å². The normalized spacial score (nSPS) is 11.3. The third-order valence-electron chi connectivity index (χ3n) is 4.79. The van der Waals surface area contributed by atoms with Crippen LogP contribution >= 0.6 is 11.3 Å². The van der Waals surface area contributed by atoms with Crippen LogP contribution in [0.15, 0.2) is 72.1 Å². The zero-order chi connectivity index (χ0) is 18.9. The Bertz CT molecular complexity index is 1230. The summed E-state index contributed by atoms with van der Waals surface area (Å²) in [5.74, 6) is 0.650. The summed E-state index contributed by atoms with van der Waals surface area (Å²) in [6, 6.07) is 22.1. The molecular formula is C22H18N4OS. The van der Waals surface area contributed by atoms with Crippen molar-refractivity contribution in [3.8, 4) is 0 Å². The monoisotopic (exact) mass is 386 g/mol. The quantitative estimate of drug-likeness (QED) is 0.465. The second-order valence-corrected chi connectivity index (χ2v) is 7.60. The lowest BCUT2D eigenvalue weighted by atomic mass is 10.2. The van der Waals surface area contributed by atoms with E-state index in [1.807, 2.05) is 48.5 Å². The van der Waals surface area contributed by atoms with Gasteiger partial charge in [0.25, 0.3) is 5.91 Å². The second-order valence-electron chi connectivity index (χ2n) is 6.65. The first-order chi connectivity index (χ1) is 13.8. The zero-order valence-corrected chi connectivity index (χ0v) is 15.9. The molecule has 1 amide bonds. The molecule has 0 aliphatic heterocycles. The van der Waals surface area contributed by atoms with Gasteiger partial charge in [0.05, 0.1) is 27.8 Å². The van der Waals surface area contributed by atoms with Crippen molar-refractivity contribution < 1.29 is 4.79 Å². The van der Waals surface area contributed by atoms with Crippen molar-refractivity contribution in [1.29, 1.82) is 0 Å². The molecule has 0 saturated carbocycles. The molecular weight excluding hydrogens is 368 g/mol. The highest BCUT2D eigenvalue weighted by Crippen LogP contribution is 2.26. The highest BCUT2D eigenvalue weighted by atomic mass is 32.1. The van der Waals surface area contributed by atoms with E-state index in [0.717, 1.165) is 32.6 Å². The van der Waals surface area contributed by atoms with Gasteiger partial charge in [0.2, 0.25) is 0 Å². The van der Waals surface area contributed by atoms with Crippen LogP contribution in [0.1, 0.15) is 21.9 Å². The molecule has 5 aromatic rings. The molecule has 0 spiro atoms. The van der Waals surface area contributed by atoms with E-state index < -0.39 is 0 Å². The number of para-hydroxylation sites is 2. The first-order valence-electron chi connectivity index (χ1n) is 9.10. The van der Waals surface area contributed by atoms with Gasteiger partial charge in [-0.15, -0.1) is 11.3 Å². The molecule has 0 radical (unpaired) electrons. The largest absolute Gasteiger partial charge is 0.344 e. The molecule has 3 heterocycles. The van der Waals surface area contributed by atoms with Crippen LogP contribution in [0.3, 0.4) is 0 Å². The second kappa shape index (κ2) is 6.98. The fourth-order valence-corrected chi connectivity index (χ4v) is 4.27. The number of carbonyl (C=O) groups excluding carboxylic acids is 1. The minimum Gasteiger partial charge on any atom is -0.344 e. The lowest BCUT2D eigenvalue weighted by Gasteiger charge is -2.10. The molecule has 0 aliphatic carbocycles. The summed E-state index contributed by atoms with van der Waals surface area (Å²) >= 11 is 1.65. The van der Waals surface area contributed by atoms with Gasteiger partial charge in [-0.3, -0.25) is 4.79 Å². The highest BCUT2D eigenvalue weighted by molar-refractivity contribution is 7.17. The Morgan fingerprint density at radius 3 is 2.75 bits per heavy atom. The molecule has 3 aromatic heterocycles. The molecule has 0 fully saturated rings. The summed E-state index contributed by atoms with van der Waals surface area (Å²) in [5, 5.41) is 5.06. The summed E-state index contributed by atoms with van der Waals surface area (Å²) in [4.78, 5) is 20.7. The fraction of sp³-hybridized carbons (Fsp3) is 0.0909. The number of nitrogens with one attached hydrogen (secondary N) is 2. The Balaban J connectivity index is 1.41. The Morgan fingerprint density at radius 2 is 1.89 bits per heavy atom. The van der Waals surface area contributed by atoms with Gasteiger partial charge in [0.15, 0.2) is 0 Å². The summed E-state index contributed by atoms with van der Waals surface area (Å²) in [6.07, 6.45) is 0. The number of aromatic amines is 1. The van der Waals surface area contributed by atoms with Gasteiger partial charge in [0, 0.05) is 6.54 Å². The van der Waals surface area contributed by atoms with Crippen LogP contribution in [0.2, 0.25) is 0 Å². The van der Waals surface area contributed by atoms with Crippen molar-refractivity contribution in [2.24, 2.45) is 0 Å². The summed E-state index contributed by atoms with van der Waals surface area (Å²) in [5.41, 5.74) is 4.79. The lowest BCUT2D eigenvalue weighted by Crippen LogP contribution is -2.26. The predicted octanol–water partition coefficient (Wildman–Crippen LogP) is 4.56. The topological polar surface area (TPSA) is 62.7 Å². The minimum absolute atomic E-state index is 0.0974. The molecule has 5 rings (SSSR count). The first kappa shape index (κ1) is 16.8. The van der Waals surface area contributed by atoms with E-state index in [1.54, 1.807) is 11.3 Å². The maximum Gasteiger partial charge on any atom is 0.268 e. The van der Waals surface area contributed by atoms with Crippen molar-refractivity contribution in [1.82, 2.24) is 19.9 Å². The average Bonchev–Trinajstić information content (AvgIpc) is 3.42. The number of rotatable bonds is 5. The smallest absolute Gasteiger partial charge is 0.268 e. The number of aromatic nitrogens is 3. The van der Waals surface area contributed by atoms with Gasteiger partial charge in [-0.1, -0.05) is 42.5 Å². The van der Waals surface area contributed by atoms with Gasteiger partial charge < -0.3 is 14.9 Å². The number of fused-ring (bicyclic) bond motifs is 2. The van der Waals surface area contributed by atoms with Gasteiger partial charge in [-0.2, -0.15) is 0 Å². The van der Waals surface area contributed by atoms with Crippen molar-refractivity contribution in [3.63, 3.8) is 0 Å². The summed E-state index contributed by atoms with van der Waals surface area (Å²) in [6.45, 7) is 1.02. The molecule has 5 nitrogen and oxygen atoms in total. The Morgan fingerprint density at radius 1 is 1.07 bits per heavy atom. The van der Waals surface area contributed by atoms with E-state index in [-0.39, 0.29) is 5.91 Å². The molecule has 0 saturated heterocycles. The SMILES string of the molecule is O=C(NCc1nc2ccccc2[nH]1)c1cc2sccc2n1Cc1ccccc1. The highest BCUT2D eigenvalue weighted by Gasteiger charge is 2.17. The van der Waals surface area contributed by atoms with Gasteiger partial charge in [-0.25, -0.2) is 4.98 Å². The third-order valence-corrected chi connectivity index (χ3v) is 5.65. The van der Waals surface area contributed by atoms with Crippen LogP contribution in [-0.4, -0.2) is 20.4 Å². The average molecular weight is 386 g/mol. The molecule has 138 valence electrons. The summed E-state index contributed by atoms with van der Waals surface area (Å²) in [7, 11) is 0. The molecule has 0 atom stereocenters. The molecule has 0 aliphatic rings. The van der Waals surface area contributed by atoms with E-state index in [9.17, 15) is 4.79 Å². The van der Waals surface area contributed by atoms with Crippen LogP contribution < -0.4 is 5.32 Å². The van der Waals surface area contributed by atoms with Gasteiger partial charge >= 0.3 is 0 Å². The van der Waals surface area contributed by atoms with Crippen LogP contribution in [0.4, 0.5) is 0 Å². The number of carbonyl (C=O) groups is 1. The van der Waals surface area contributed by atoms with Crippen molar-refractivity contribution in [2.45, 2.75) is 13.1 Å². The van der Waals surface area contributed by atoms with Crippen LogP contribution in [-0.2, 0) is 13.1 Å². The predicted molar refractivity (Wildman–Crippen MR) is 113 cm³/mol. The minimum atomic E-state index is -0.0974. The molecule has 2 aromatic carbocycles. The van der Waals surface area contributed by atoms with Crippen molar-refractivity contribution in [3.05, 3.63) is 89.2 Å². The lowest BCUT2D eigenvalue weighted by molar-refractivity contribution is 0.0941. The van der Waals surface area contributed by atoms with Crippen LogP contribution in [0, 0.1) is 0 Å². The maximum absolute atomic E-state index is 12.9.